The Bertz CT molecular complexity index is 240. The third-order valence-electron chi connectivity index (χ3n) is 1.73. The van der Waals surface area contributed by atoms with Gasteiger partial charge >= 0.3 is 11.7 Å². The van der Waals surface area contributed by atoms with Crippen molar-refractivity contribution in [1.29, 1.82) is 0 Å². The van der Waals surface area contributed by atoms with Gasteiger partial charge in [-0.25, -0.2) is 4.52 Å². The minimum Gasteiger partial charge on any atom is -0.266 e. The minimum absolute atomic E-state index is 0.273. The van der Waals surface area contributed by atoms with Crippen molar-refractivity contribution in [1.82, 2.24) is 5.16 Å². The molecule has 2 N–H and O–H groups in total. The van der Waals surface area contributed by atoms with Crippen molar-refractivity contribution >= 4 is 0 Å². The molecule has 1 heterocycles. The molecule has 1 rings (SSSR count). The second kappa shape index (κ2) is 3.13. The fourth-order valence-electron chi connectivity index (χ4n) is 1.06. The minimum atomic E-state index is 0.273. The van der Waals surface area contributed by atoms with Crippen LogP contribution in [-0.4, -0.2) is 5.16 Å². The predicted molar refractivity (Wildman–Crippen MR) is 45.0 cm³/mol. The first-order valence-corrected chi connectivity index (χ1v) is 4.20. The van der Waals surface area contributed by atoms with Crippen LogP contribution >= 0.6 is 0 Å². The molecule has 0 amide bonds. The van der Waals surface area contributed by atoms with Crippen molar-refractivity contribution in [2.24, 2.45) is 0 Å². The lowest BCUT2D eigenvalue weighted by Crippen LogP contribution is -2.50. The van der Waals surface area contributed by atoms with E-state index in [1.165, 1.54) is 4.68 Å². The van der Waals surface area contributed by atoms with Crippen molar-refractivity contribution in [3.05, 3.63) is 11.7 Å². The smallest absolute Gasteiger partial charge is 0.266 e. The molecule has 0 saturated heterocycles. The van der Waals surface area contributed by atoms with Gasteiger partial charge in [0.25, 0.3) is 0 Å². The molecule has 4 heteroatoms. The summed E-state index contributed by atoms with van der Waals surface area (Å²) in [5.74, 6) is 7.85. The molecule has 4 nitrogen and oxygen atoms in total. The number of hydrogen-bond acceptors (Lipinski definition) is 3. The number of hydrogen-bond donors (Lipinski definition) is 1. The molecule has 0 aliphatic heterocycles. The summed E-state index contributed by atoms with van der Waals surface area (Å²) in [5.41, 5.74) is 0. The number of rotatable bonds is 2. The number of nitrogen functional groups attached to an aromatic ring is 1. The third kappa shape index (κ3) is 1.42. The number of nitrogens with zero attached hydrogens (tertiary/aromatic N) is 2. The van der Waals surface area contributed by atoms with E-state index in [9.17, 15) is 0 Å². The van der Waals surface area contributed by atoms with Crippen LogP contribution in [0.1, 0.15) is 51.2 Å². The van der Waals surface area contributed by atoms with Gasteiger partial charge in [-0.2, -0.15) is 0 Å². The molecular formula is C8H16N3O+. The Labute approximate surface area is 72.3 Å². The second-order valence-corrected chi connectivity index (χ2v) is 3.56. The first-order chi connectivity index (χ1) is 5.54. The maximum absolute atomic E-state index is 5.77. The molecule has 0 aliphatic rings. The molecule has 68 valence electrons. The van der Waals surface area contributed by atoms with Gasteiger partial charge in [-0.05, 0) is 0 Å². The fraction of sp³-hybridized carbons (Fsp3) is 0.750. The van der Waals surface area contributed by atoms with Gasteiger partial charge in [-0.15, -0.1) is 0 Å². The molecule has 0 atom stereocenters. The summed E-state index contributed by atoms with van der Waals surface area (Å²) in [5, 5.41) is 3.90. The monoisotopic (exact) mass is 170 g/mol. The number of nitrogens with two attached hydrogens (primary N) is 1. The average Bonchev–Trinajstić information content (AvgIpc) is 2.30. The van der Waals surface area contributed by atoms with E-state index in [1.54, 1.807) is 0 Å². The molecule has 1 aromatic heterocycles. The van der Waals surface area contributed by atoms with Gasteiger partial charge in [0.1, 0.15) is 0 Å². The normalized spacial score (nSPS) is 11.5. The molecule has 0 aliphatic carbocycles. The molecule has 0 unspecified atom stereocenters. The van der Waals surface area contributed by atoms with Crippen LogP contribution in [0, 0.1) is 0 Å². The van der Waals surface area contributed by atoms with E-state index in [-0.39, 0.29) is 5.92 Å². The highest BCUT2D eigenvalue weighted by Gasteiger charge is 2.26. The summed E-state index contributed by atoms with van der Waals surface area (Å²) in [6.07, 6.45) is 0. The van der Waals surface area contributed by atoms with Crippen LogP contribution in [0.3, 0.4) is 0 Å². The van der Waals surface area contributed by atoms with Gasteiger partial charge < -0.3 is 0 Å². The first-order valence-electron chi connectivity index (χ1n) is 4.20. The lowest BCUT2D eigenvalue weighted by molar-refractivity contribution is -0.661. The Morgan fingerprint density at radius 3 is 2.08 bits per heavy atom. The molecular weight excluding hydrogens is 154 g/mol. The second-order valence-electron chi connectivity index (χ2n) is 3.56. The van der Waals surface area contributed by atoms with Crippen molar-refractivity contribution in [2.45, 2.75) is 39.5 Å². The molecule has 0 bridgehead atoms. The predicted octanol–water partition coefficient (Wildman–Crippen LogP) is 0.923. The maximum atomic E-state index is 5.77. The lowest BCUT2D eigenvalue weighted by Gasteiger charge is -1.96. The fourth-order valence-corrected chi connectivity index (χ4v) is 1.06. The summed E-state index contributed by atoms with van der Waals surface area (Å²) < 4.78 is 6.64. The van der Waals surface area contributed by atoms with Crippen LogP contribution < -0.4 is 10.5 Å². The zero-order chi connectivity index (χ0) is 9.30. The molecule has 0 spiro atoms. The molecule has 0 fully saturated rings. The van der Waals surface area contributed by atoms with Gasteiger partial charge in [0.15, 0.2) is 5.16 Å². The summed E-state index contributed by atoms with van der Waals surface area (Å²) in [6, 6.07) is 0. The lowest BCUT2D eigenvalue weighted by atomic mass is 10.2. The van der Waals surface area contributed by atoms with Crippen molar-refractivity contribution in [3.8, 4) is 0 Å². The Balaban J connectivity index is 3.04. The summed E-state index contributed by atoms with van der Waals surface area (Å²) in [4.78, 5) is 0. The molecule has 0 aromatic carbocycles. The van der Waals surface area contributed by atoms with Crippen LogP contribution in [0.2, 0.25) is 0 Å². The molecule has 0 saturated carbocycles. The average molecular weight is 170 g/mol. The van der Waals surface area contributed by atoms with Gasteiger partial charge in [-0.3, -0.25) is 5.84 Å². The van der Waals surface area contributed by atoms with E-state index in [0.29, 0.717) is 5.92 Å². The Morgan fingerprint density at radius 1 is 1.25 bits per heavy atom. The van der Waals surface area contributed by atoms with Crippen LogP contribution in [0.5, 0.6) is 0 Å². The van der Waals surface area contributed by atoms with E-state index in [4.69, 9.17) is 10.4 Å². The van der Waals surface area contributed by atoms with Crippen LogP contribution in [0.4, 0.5) is 0 Å². The summed E-state index contributed by atoms with van der Waals surface area (Å²) >= 11 is 0. The molecule has 1 aromatic rings. The van der Waals surface area contributed by atoms with E-state index in [0.717, 1.165) is 11.7 Å². The number of aromatic nitrogens is 2. The van der Waals surface area contributed by atoms with Crippen LogP contribution in [0.25, 0.3) is 0 Å². The van der Waals surface area contributed by atoms with Crippen molar-refractivity contribution in [2.75, 3.05) is 5.84 Å². The van der Waals surface area contributed by atoms with E-state index < -0.39 is 0 Å². The highest BCUT2D eigenvalue weighted by atomic mass is 16.5. The van der Waals surface area contributed by atoms with E-state index in [1.807, 2.05) is 27.7 Å². The first kappa shape index (κ1) is 9.03. The Kier molecular flexibility index (Phi) is 2.35. The highest BCUT2D eigenvalue weighted by Crippen LogP contribution is 2.12. The van der Waals surface area contributed by atoms with Gasteiger partial charge in [0.05, 0.1) is 11.8 Å². The van der Waals surface area contributed by atoms with Gasteiger partial charge in [-0.1, -0.05) is 32.4 Å². The van der Waals surface area contributed by atoms with Gasteiger partial charge in [0.2, 0.25) is 0 Å². The summed E-state index contributed by atoms with van der Waals surface area (Å²) in [6.45, 7) is 8.11. The standard InChI is InChI=1S/C8H16N3O/c1-5(2)7-10-12-8(6(3)4)11(7)9/h5-6H,9H2,1-4H3/q+1. The molecule has 12 heavy (non-hydrogen) atoms. The molecule has 0 radical (unpaired) electrons. The van der Waals surface area contributed by atoms with Gasteiger partial charge in [0, 0.05) is 0 Å². The Morgan fingerprint density at radius 2 is 1.83 bits per heavy atom. The van der Waals surface area contributed by atoms with E-state index >= 15 is 0 Å². The maximum Gasteiger partial charge on any atom is 0.374 e. The Hall–Kier alpha value is -1.06. The van der Waals surface area contributed by atoms with Crippen LogP contribution in [0.15, 0.2) is 4.52 Å². The topological polar surface area (TPSA) is 55.9 Å². The quantitative estimate of drug-likeness (QED) is 0.530. The summed E-state index contributed by atoms with van der Waals surface area (Å²) in [7, 11) is 0. The van der Waals surface area contributed by atoms with E-state index in [2.05, 4.69) is 5.16 Å². The van der Waals surface area contributed by atoms with Crippen LogP contribution in [-0.2, 0) is 0 Å². The highest BCUT2D eigenvalue weighted by molar-refractivity contribution is 4.84. The third-order valence-corrected chi connectivity index (χ3v) is 1.73. The van der Waals surface area contributed by atoms with Crippen molar-refractivity contribution < 1.29 is 9.20 Å². The van der Waals surface area contributed by atoms with Crippen molar-refractivity contribution in [3.63, 3.8) is 0 Å². The largest absolute Gasteiger partial charge is 0.374 e. The SMILES string of the molecule is CC(C)c1noc(C(C)C)[n+]1N. The zero-order valence-electron chi connectivity index (χ0n) is 8.03. The zero-order valence-corrected chi connectivity index (χ0v) is 8.03.